The number of methoxy groups -OCH3 is 1. The fourth-order valence-corrected chi connectivity index (χ4v) is 1.59. The highest BCUT2D eigenvalue weighted by Crippen LogP contribution is 2.35. The lowest BCUT2D eigenvalue weighted by molar-refractivity contribution is -0.266. The molecular formula is C11H11F3N2O2. The summed E-state index contributed by atoms with van der Waals surface area (Å²) in [5, 5.41) is 12.9. The van der Waals surface area contributed by atoms with Gasteiger partial charge in [0, 0.05) is 0 Å². The summed E-state index contributed by atoms with van der Waals surface area (Å²) in [5.74, 6) is 0.594. The second-order valence-electron chi connectivity index (χ2n) is 3.93. The number of nitrogens with zero attached hydrogens (tertiary/aromatic N) is 1. The van der Waals surface area contributed by atoms with E-state index in [1.165, 1.54) is 7.11 Å². The number of halogens is 3. The topological polar surface area (TPSA) is 53.8 Å². The molecule has 0 saturated heterocycles. The Bertz CT molecular complexity index is 470. The van der Waals surface area contributed by atoms with E-state index < -0.39 is 18.3 Å². The summed E-state index contributed by atoms with van der Waals surface area (Å²) in [7, 11) is 1.49. The minimum atomic E-state index is -4.77. The van der Waals surface area contributed by atoms with Crippen LogP contribution in [0.1, 0.15) is 12.0 Å². The maximum absolute atomic E-state index is 12.5. The van der Waals surface area contributed by atoms with Crippen LogP contribution in [0.5, 0.6) is 5.75 Å². The number of rotatable bonds is 2. The number of hydrazone groups is 1. The Morgan fingerprint density at radius 3 is 2.39 bits per heavy atom. The zero-order valence-electron chi connectivity index (χ0n) is 9.45. The van der Waals surface area contributed by atoms with Crippen molar-refractivity contribution in [3.05, 3.63) is 29.8 Å². The third-order valence-corrected chi connectivity index (χ3v) is 2.69. The van der Waals surface area contributed by atoms with Gasteiger partial charge >= 0.3 is 6.18 Å². The zero-order valence-corrected chi connectivity index (χ0v) is 9.45. The molecule has 1 heterocycles. The molecule has 7 heteroatoms. The van der Waals surface area contributed by atoms with Gasteiger partial charge in [0.2, 0.25) is 0 Å². The minimum absolute atomic E-state index is 0.150. The molecular weight excluding hydrogens is 249 g/mol. The summed E-state index contributed by atoms with van der Waals surface area (Å²) in [5.41, 5.74) is -0.593. The molecule has 1 aromatic carbocycles. The summed E-state index contributed by atoms with van der Waals surface area (Å²) >= 11 is 0. The zero-order chi connectivity index (χ0) is 13.4. The fraction of sp³-hybridized carbons (Fsp3) is 0.364. The van der Waals surface area contributed by atoms with Crippen molar-refractivity contribution in [2.24, 2.45) is 5.10 Å². The molecule has 1 unspecified atom stereocenters. The Morgan fingerprint density at radius 2 is 1.94 bits per heavy atom. The molecule has 2 rings (SSSR count). The van der Waals surface area contributed by atoms with E-state index in [4.69, 9.17) is 4.74 Å². The largest absolute Gasteiger partial charge is 0.497 e. The molecule has 0 aromatic heterocycles. The molecule has 1 atom stereocenters. The predicted octanol–water partition coefficient (Wildman–Crippen LogP) is 1.64. The monoisotopic (exact) mass is 260 g/mol. The number of alkyl halides is 3. The molecule has 18 heavy (non-hydrogen) atoms. The van der Waals surface area contributed by atoms with Crippen LogP contribution in [0.2, 0.25) is 0 Å². The summed E-state index contributed by atoms with van der Waals surface area (Å²) in [6.45, 7) is 0. The van der Waals surface area contributed by atoms with Gasteiger partial charge < -0.3 is 9.84 Å². The molecule has 0 amide bonds. The van der Waals surface area contributed by atoms with Gasteiger partial charge in [-0.15, -0.1) is 0 Å². The van der Waals surface area contributed by atoms with Gasteiger partial charge in [-0.2, -0.15) is 18.3 Å². The standard InChI is InChI=1S/C11H11F3N2O2/c1-18-8-4-2-7(3-5-8)9-6-10(17,16-15-9)11(12,13)14/h2-5,16-17H,6H2,1H3. The van der Waals surface area contributed by atoms with Gasteiger partial charge in [-0.05, 0) is 29.8 Å². The molecule has 0 radical (unpaired) electrons. The van der Waals surface area contributed by atoms with Crippen molar-refractivity contribution in [2.45, 2.75) is 18.3 Å². The molecule has 2 N–H and O–H groups in total. The van der Waals surface area contributed by atoms with Crippen LogP contribution in [-0.2, 0) is 0 Å². The summed E-state index contributed by atoms with van der Waals surface area (Å²) < 4.78 is 42.6. The number of hydrogen-bond donors (Lipinski definition) is 2. The van der Waals surface area contributed by atoms with E-state index in [9.17, 15) is 18.3 Å². The number of nitrogens with one attached hydrogen (secondary N) is 1. The first-order valence-corrected chi connectivity index (χ1v) is 5.13. The maximum Gasteiger partial charge on any atom is 0.438 e. The highest BCUT2D eigenvalue weighted by atomic mass is 19.4. The molecule has 0 fully saturated rings. The van der Waals surface area contributed by atoms with E-state index in [1.54, 1.807) is 29.7 Å². The quantitative estimate of drug-likeness (QED) is 0.850. The van der Waals surface area contributed by atoms with Crippen LogP contribution in [0.15, 0.2) is 29.4 Å². The van der Waals surface area contributed by atoms with E-state index in [-0.39, 0.29) is 5.71 Å². The van der Waals surface area contributed by atoms with Crippen LogP contribution in [-0.4, -0.2) is 29.8 Å². The van der Waals surface area contributed by atoms with Crippen molar-refractivity contribution in [1.82, 2.24) is 5.43 Å². The summed E-state index contributed by atoms with van der Waals surface area (Å²) in [4.78, 5) is 0. The van der Waals surface area contributed by atoms with Gasteiger partial charge in [-0.25, -0.2) is 0 Å². The predicted molar refractivity (Wildman–Crippen MR) is 58.3 cm³/mol. The van der Waals surface area contributed by atoms with Crippen molar-refractivity contribution in [3.63, 3.8) is 0 Å². The van der Waals surface area contributed by atoms with Crippen molar-refractivity contribution in [3.8, 4) is 5.75 Å². The van der Waals surface area contributed by atoms with Gasteiger partial charge in [0.15, 0.2) is 0 Å². The third kappa shape index (κ3) is 2.13. The van der Waals surface area contributed by atoms with E-state index in [0.29, 0.717) is 11.3 Å². The van der Waals surface area contributed by atoms with Crippen LogP contribution in [0.25, 0.3) is 0 Å². The normalized spacial score (nSPS) is 23.5. The highest BCUT2D eigenvalue weighted by Gasteiger charge is 2.57. The number of aliphatic hydroxyl groups is 1. The Morgan fingerprint density at radius 1 is 1.33 bits per heavy atom. The molecule has 0 aliphatic carbocycles. The maximum atomic E-state index is 12.5. The Labute approximate surface area is 101 Å². The number of ether oxygens (including phenoxy) is 1. The van der Waals surface area contributed by atoms with Gasteiger partial charge in [0.25, 0.3) is 5.72 Å². The van der Waals surface area contributed by atoms with Gasteiger partial charge in [-0.3, -0.25) is 5.43 Å². The molecule has 1 aliphatic rings. The summed E-state index contributed by atoms with van der Waals surface area (Å²) in [6, 6.07) is 6.40. The first-order valence-electron chi connectivity index (χ1n) is 5.13. The first-order chi connectivity index (χ1) is 8.36. The van der Waals surface area contributed by atoms with Gasteiger partial charge in [-0.1, -0.05) is 0 Å². The fourth-order valence-electron chi connectivity index (χ4n) is 1.59. The smallest absolute Gasteiger partial charge is 0.438 e. The SMILES string of the molecule is COc1ccc(C2=NNC(O)(C(F)(F)F)C2)cc1. The molecule has 0 bridgehead atoms. The Balaban J connectivity index is 2.17. The molecule has 1 aliphatic heterocycles. The van der Waals surface area contributed by atoms with E-state index in [2.05, 4.69) is 5.10 Å². The van der Waals surface area contributed by atoms with Crippen molar-refractivity contribution < 1.29 is 23.0 Å². The average Bonchev–Trinajstić information content (AvgIpc) is 2.73. The number of benzene rings is 1. The minimum Gasteiger partial charge on any atom is -0.497 e. The van der Waals surface area contributed by atoms with Crippen molar-refractivity contribution in [2.75, 3.05) is 7.11 Å². The van der Waals surface area contributed by atoms with Gasteiger partial charge in [0.05, 0.1) is 19.2 Å². The van der Waals surface area contributed by atoms with E-state index in [0.717, 1.165) is 0 Å². The first kappa shape index (κ1) is 12.7. The lowest BCUT2D eigenvalue weighted by Crippen LogP contribution is -2.52. The molecule has 4 nitrogen and oxygen atoms in total. The van der Waals surface area contributed by atoms with Crippen LogP contribution in [0.3, 0.4) is 0 Å². The van der Waals surface area contributed by atoms with Crippen LogP contribution in [0.4, 0.5) is 13.2 Å². The molecule has 98 valence electrons. The van der Waals surface area contributed by atoms with Crippen LogP contribution < -0.4 is 10.2 Å². The van der Waals surface area contributed by atoms with Crippen LogP contribution in [0, 0.1) is 0 Å². The van der Waals surface area contributed by atoms with E-state index >= 15 is 0 Å². The number of hydrogen-bond acceptors (Lipinski definition) is 4. The highest BCUT2D eigenvalue weighted by molar-refractivity contribution is 6.02. The van der Waals surface area contributed by atoms with Crippen molar-refractivity contribution >= 4 is 5.71 Å². The second-order valence-corrected chi connectivity index (χ2v) is 3.93. The Hall–Kier alpha value is -1.76. The molecule has 1 aromatic rings. The third-order valence-electron chi connectivity index (χ3n) is 2.69. The molecule has 0 spiro atoms. The van der Waals surface area contributed by atoms with Crippen LogP contribution >= 0.6 is 0 Å². The van der Waals surface area contributed by atoms with Crippen molar-refractivity contribution in [1.29, 1.82) is 0 Å². The van der Waals surface area contributed by atoms with E-state index in [1.807, 2.05) is 0 Å². The molecule has 0 saturated carbocycles. The van der Waals surface area contributed by atoms with Gasteiger partial charge in [0.1, 0.15) is 5.75 Å². The average molecular weight is 260 g/mol. The lowest BCUT2D eigenvalue weighted by Gasteiger charge is -2.24. The lowest BCUT2D eigenvalue weighted by atomic mass is 10.0. The second kappa shape index (κ2) is 4.16. The Kier molecular flexibility index (Phi) is 2.94. The summed E-state index contributed by atoms with van der Waals surface area (Å²) in [6.07, 6.45) is -5.40.